The summed E-state index contributed by atoms with van der Waals surface area (Å²) < 4.78 is 7.45. The Labute approximate surface area is 236 Å². The van der Waals surface area contributed by atoms with Crippen LogP contribution in [-0.4, -0.2) is 50.4 Å². The molecule has 4 atom stereocenters. The van der Waals surface area contributed by atoms with Crippen molar-refractivity contribution >= 4 is 39.6 Å². The zero-order valence-corrected chi connectivity index (χ0v) is 24.3. The fourth-order valence-corrected chi connectivity index (χ4v) is 8.01. The molecule has 1 aliphatic heterocycles. The Morgan fingerprint density at radius 3 is 2.72 bits per heavy atom. The fourth-order valence-electron chi connectivity index (χ4n) is 6.34. The van der Waals surface area contributed by atoms with Crippen molar-refractivity contribution in [3.05, 3.63) is 57.8 Å². The van der Waals surface area contributed by atoms with Crippen LogP contribution in [0.3, 0.4) is 0 Å². The van der Waals surface area contributed by atoms with Gasteiger partial charge in [0.2, 0.25) is 5.88 Å². The monoisotopic (exact) mass is 563 g/mol. The predicted octanol–water partition coefficient (Wildman–Crippen LogP) is 5.97. The van der Waals surface area contributed by atoms with Crippen LogP contribution in [0, 0.1) is 31.6 Å². The Bertz CT molecular complexity index is 1520. The highest BCUT2D eigenvalue weighted by Gasteiger charge is 2.48. The van der Waals surface area contributed by atoms with E-state index in [1.807, 2.05) is 30.3 Å². The smallest absolute Gasteiger partial charge is 0.391 e. The van der Waals surface area contributed by atoms with E-state index in [2.05, 4.69) is 48.4 Å². The number of nitrogens with one attached hydrogen (secondary N) is 1. The number of hydrogen-bond acceptors (Lipinski definition) is 7. The van der Waals surface area contributed by atoms with Crippen molar-refractivity contribution in [2.24, 2.45) is 17.8 Å². The Morgan fingerprint density at radius 2 is 1.95 bits per heavy atom. The molecular weight excluding hydrogens is 530 g/mol. The van der Waals surface area contributed by atoms with Gasteiger partial charge in [0.1, 0.15) is 11.4 Å². The molecule has 1 aromatic carbocycles. The zero-order chi connectivity index (χ0) is 27.3. The average molecular weight is 564 g/mol. The largest absolute Gasteiger partial charge is 0.414 e. The minimum absolute atomic E-state index is 0.0530. The van der Waals surface area contributed by atoms with Crippen LogP contribution in [0.25, 0.3) is 15.4 Å². The normalized spacial score (nSPS) is 22.4. The third kappa shape index (κ3) is 4.84. The van der Waals surface area contributed by atoms with Crippen LogP contribution in [0.5, 0.6) is 5.88 Å². The number of aryl methyl sites for hydroxylation is 3. The molecule has 0 spiro atoms. The number of imidazole rings is 1. The first-order chi connectivity index (χ1) is 18.8. The number of nitrogens with zero attached hydrogens (tertiary/aromatic N) is 4. The summed E-state index contributed by atoms with van der Waals surface area (Å²) in [6, 6.07) is 8.29. The molecule has 6 rings (SSSR count). The molecule has 1 aliphatic carbocycles. The van der Waals surface area contributed by atoms with Gasteiger partial charge in [-0.15, -0.1) is 22.7 Å². The molecule has 0 bridgehead atoms. The van der Waals surface area contributed by atoms with Crippen LogP contribution in [0.1, 0.15) is 53.4 Å². The van der Waals surface area contributed by atoms with Crippen molar-refractivity contribution in [1.82, 2.24) is 24.6 Å². The van der Waals surface area contributed by atoms with E-state index < -0.39 is 6.09 Å². The maximum atomic E-state index is 14.1. The van der Waals surface area contributed by atoms with Crippen molar-refractivity contribution in [3.63, 3.8) is 0 Å². The molecule has 1 N–H and O–H groups in total. The Balaban J connectivity index is 1.22. The first kappa shape index (κ1) is 26.0. The highest BCUT2D eigenvalue weighted by Crippen LogP contribution is 2.46. The van der Waals surface area contributed by atoms with Crippen molar-refractivity contribution in [2.45, 2.75) is 53.0 Å². The summed E-state index contributed by atoms with van der Waals surface area (Å²) in [6.07, 6.45) is 4.43. The molecule has 39 heavy (non-hydrogen) atoms. The van der Waals surface area contributed by atoms with Crippen LogP contribution in [0.15, 0.2) is 35.8 Å². The van der Waals surface area contributed by atoms with E-state index in [9.17, 15) is 9.59 Å². The van der Waals surface area contributed by atoms with Crippen LogP contribution in [0.2, 0.25) is 0 Å². The first-order valence-electron chi connectivity index (χ1n) is 13.6. The third-order valence-electron chi connectivity index (χ3n) is 8.16. The van der Waals surface area contributed by atoms with Gasteiger partial charge in [0.05, 0.1) is 15.9 Å². The van der Waals surface area contributed by atoms with Gasteiger partial charge in [0.25, 0.3) is 5.91 Å². The second-order valence-electron chi connectivity index (χ2n) is 10.8. The molecule has 4 heterocycles. The number of benzene rings is 1. The van der Waals surface area contributed by atoms with Crippen LogP contribution in [0.4, 0.5) is 4.79 Å². The van der Waals surface area contributed by atoms with Gasteiger partial charge < -0.3 is 15.0 Å². The molecule has 3 aromatic heterocycles. The summed E-state index contributed by atoms with van der Waals surface area (Å²) in [7, 11) is 0. The van der Waals surface area contributed by atoms with E-state index in [0.29, 0.717) is 48.1 Å². The minimum Gasteiger partial charge on any atom is -0.391 e. The molecule has 10 heteroatoms. The summed E-state index contributed by atoms with van der Waals surface area (Å²) in [4.78, 5) is 39.8. The maximum Gasteiger partial charge on any atom is 0.414 e. The zero-order valence-electron chi connectivity index (χ0n) is 22.6. The lowest BCUT2D eigenvalue weighted by molar-refractivity contribution is 0.0702. The van der Waals surface area contributed by atoms with Crippen molar-refractivity contribution in [3.8, 4) is 16.3 Å². The number of amides is 2. The molecule has 2 aliphatic rings. The molecule has 2 amide bonds. The molecule has 2 fully saturated rings. The maximum absolute atomic E-state index is 14.1. The van der Waals surface area contributed by atoms with Gasteiger partial charge in [-0.1, -0.05) is 38.1 Å². The molecule has 204 valence electrons. The number of carbonyl (C=O) groups excluding carboxylic acids is 2. The first-order valence-corrected chi connectivity index (χ1v) is 15.3. The Morgan fingerprint density at radius 1 is 1.15 bits per heavy atom. The lowest BCUT2D eigenvalue weighted by Crippen LogP contribution is -2.46. The van der Waals surface area contributed by atoms with Crippen LogP contribution >= 0.6 is 22.7 Å². The molecule has 1 saturated carbocycles. The fraction of sp³-hybridized carbons (Fsp3) is 0.448. The number of hydrogen-bond donors (Lipinski definition) is 1. The van der Waals surface area contributed by atoms with E-state index in [0.717, 1.165) is 39.7 Å². The number of fused-ring (bicyclic) bond motifs is 2. The molecule has 8 nitrogen and oxygen atoms in total. The quantitative estimate of drug-likeness (QED) is 0.312. The summed E-state index contributed by atoms with van der Waals surface area (Å²) in [5, 5.41) is 5.74. The molecule has 0 radical (unpaired) electrons. The van der Waals surface area contributed by atoms with Gasteiger partial charge in [-0.2, -0.15) is 0 Å². The molecule has 4 aromatic rings. The topological polar surface area (TPSA) is 88.8 Å². The summed E-state index contributed by atoms with van der Waals surface area (Å²) >= 11 is 3.05. The van der Waals surface area contributed by atoms with E-state index in [-0.39, 0.29) is 11.9 Å². The van der Waals surface area contributed by atoms with E-state index in [1.165, 1.54) is 16.9 Å². The summed E-state index contributed by atoms with van der Waals surface area (Å²) in [6.45, 7) is 9.22. The lowest BCUT2D eigenvalue weighted by atomic mass is 9.93. The second-order valence-corrected chi connectivity index (χ2v) is 12.9. The standard InChI is InChI=1S/C29H33N5O3S2/c1-5-19-6-8-20(9-7-19)25-24(32-18(4)39-25)26(35)34-15-21-12-16(2)13-22(21)23(34)14-30-29(36)37-27-17(3)31-28-33(27)10-11-38-28/h6-11,16,21-23H,5,12-15H2,1-4H3,(H,30,36)/t16?,21-,22-,23+/m0/s1. The molecule has 1 unspecified atom stereocenters. The van der Waals surface area contributed by atoms with E-state index in [4.69, 9.17) is 9.72 Å². The highest BCUT2D eigenvalue weighted by atomic mass is 32.1. The minimum atomic E-state index is -0.533. The van der Waals surface area contributed by atoms with Crippen LogP contribution in [-0.2, 0) is 6.42 Å². The van der Waals surface area contributed by atoms with Crippen molar-refractivity contribution < 1.29 is 14.3 Å². The average Bonchev–Trinajstić information content (AvgIpc) is 3.72. The number of aromatic nitrogens is 3. The number of rotatable bonds is 6. The highest BCUT2D eigenvalue weighted by molar-refractivity contribution is 7.15. The Hall–Kier alpha value is -3.24. The van der Waals surface area contributed by atoms with Gasteiger partial charge >= 0.3 is 6.09 Å². The second kappa shape index (κ2) is 10.4. The molecule has 1 saturated heterocycles. The van der Waals surface area contributed by atoms with Gasteiger partial charge in [0.15, 0.2) is 4.96 Å². The van der Waals surface area contributed by atoms with Gasteiger partial charge in [-0.3, -0.25) is 9.20 Å². The summed E-state index contributed by atoms with van der Waals surface area (Å²) in [5.74, 6) is 1.76. The Kier molecular flexibility index (Phi) is 6.93. The summed E-state index contributed by atoms with van der Waals surface area (Å²) in [5.41, 5.74) is 3.46. The van der Waals surface area contributed by atoms with Crippen molar-refractivity contribution in [1.29, 1.82) is 0 Å². The van der Waals surface area contributed by atoms with Crippen LogP contribution < -0.4 is 10.1 Å². The van der Waals surface area contributed by atoms with Gasteiger partial charge in [-0.25, -0.2) is 14.8 Å². The predicted molar refractivity (Wildman–Crippen MR) is 154 cm³/mol. The number of thiazole rings is 2. The van der Waals surface area contributed by atoms with Gasteiger partial charge in [0, 0.05) is 24.7 Å². The SMILES string of the molecule is CCc1ccc(-c2sc(C)nc2C(=O)N2C[C@@H]3CC(C)C[C@@H]3[C@H]2CNC(=O)Oc2c(C)nc3sccn23)cc1. The number of likely N-dealkylation sites (tertiary alicyclic amines) is 1. The van der Waals surface area contributed by atoms with E-state index in [1.54, 1.807) is 15.7 Å². The number of carbonyl (C=O) groups is 2. The number of ether oxygens (including phenoxy) is 1. The van der Waals surface area contributed by atoms with Crippen molar-refractivity contribution in [2.75, 3.05) is 13.1 Å². The van der Waals surface area contributed by atoms with E-state index >= 15 is 0 Å². The van der Waals surface area contributed by atoms with Gasteiger partial charge in [-0.05, 0) is 62.0 Å². The third-order valence-corrected chi connectivity index (χ3v) is 9.94. The molecular formula is C29H33N5O3S2. The lowest BCUT2D eigenvalue weighted by Gasteiger charge is -2.28.